The van der Waals surface area contributed by atoms with E-state index in [4.69, 9.17) is 17.3 Å². The molecule has 2 rings (SSSR count). The molecule has 1 aliphatic rings. The van der Waals surface area contributed by atoms with Gasteiger partial charge in [-0.3, -0.25) is 4.79 Å². The standard InChI is InChI=1S/C16H24ClN3O/c1-9-12(18)6-5-11(16(9,3)4)15(21)20-13-7-8-14(17)19-10(13)2/h7-9,11-12H,5-6,18H2,1-4H3,(H,20,21). The molecule has 3 unspecified atom stereocenters. The maximum Gasteiger partial charge on any atom is 0.228 e. The number of carbonyl (C=O) groups excluding carboxylic acids is 1. The van der Waals surface area contributed by atoms with E-state index in [1.807, 2.05) is 6.92 Å². The van der Waals surface area contributed by atoms with Gasteiger partial charge in [0, 0.05) is 12.0 Å². The minimum absolute atomic E-state index is 0.0395. The van der Waals surface area contributed by atoms with Crippen molar-refractivity contribution in [1.82, 2.24) is 4.98 Å². The van der Waals surface area contributed by atoms with E-state index in [0.717, 1.165) is 24.2 Å². The molecule has 0 saturated heterocycles. The fraction of sp³-hybridized carbons (Fsp3) is 0.625. The lowest BCUT2D eigenvalue weighted by Gasteiger charge is -2.46. The number of amides is 1. The van der Waals surface area contributed by atoms with E-state index in [-0.39, 0.29) is 23.3 Å². The third kappa shape index (κ3) is 3.22. The highest BCUT2D eigenvalue weighted by molar-refractivity contribution is 6.29. The maximum atomic E-state index is 12.7. The van der Waals surface area contributed by atoms with E-state index in [2.05, 4.69) is 31.1 Å². The zero-order valence-corrected chi connectivity index (χ0v) is 13.9. The van der Waals surface area contributed by atoms with Crippen LogP contribution in [0.2, 0.25) is 5.15 Å². The van der Waals surface area contributed by atoms with Crippen LogP contribution < -0.4 is 11.1 Å². The first-order chi connectivity index (χ1) is 9.73. The number of rotatable bonds is 2. The summed E-state index contributed by atoms with van der Waals surface area (Å²) in [5.41, 5.74) is 7.49. The second-order valence-electron chi connectivity index (χ2n) is 6.66. The molecule has 0 spiro atoms. The van der Waals surface area contributed by atoms with Crippen LogP contribution in [0.25, 0.3) is 0 Å². The Bertz CT molecular complexity index is 544. The van der Waals surface area contributed by atoms with Crippen molar-refractivity contribution < 1.29 is 4.79 Å². The predicted octanol–water partition coefficient (Wildman–Crippen LogP) is 3.38. The first-order valence-corrected chi connectivity index (χ1v) is 7.81. The van der Waals surface area contributed by atoms with Gasteiger partial charge in [-0.05, 0) is 43.2 Å². The van der Waals surface area contributed by atoms with E-state index >= 15 is 0 Å². The number of aryl methyl sites for hydroxylation is 1. The monoisotopic (exact) mass is 309 g/mol. The lowest BCUT2D eigenvalue weighted by Crippen LogP contribution is -2.50. The van der Waals surface area contributed by atoms with Crippen molar-refractivity contribution in [2.24, 2.45) is 23.0 Å². The Morgan fingerprint density at radius 1 is 1.43 bits per heavy atom. The van der Waals surface area contributed by atoms with Crippen molar-refractivity contribution in [3.8, 4) is 0 Å². The van der Waals surface area contributed by atoms with Gasteiger partial charge in [-0.1, -0.05) is 32.4 Å². The summed E-state index contributed by atoms with van der Waals surface area (Å²) in [4.78, 5) is 16.8. The van der Waals surface area contributed by atoms with Crippen LogP contribution in [-0.4, -0.2) is 16.9 Å². The number of halogens is 1. The third-order valence-electron chi connectivity index (χ3n) is 5.13. The Morgan fingerprint density at radius 3 is 2.71 bits per heavy atom. The molecule has 1 fully saturated rings. The van der Waals surface area contributed by atoms with Crippen molar-refractivity contribution in [2.45, 2.75) is 46.6 Å². The molecule has 3 N–H and O–H groups in total. The van der Waals surface area contributed by atoms with Gasteiger partial charge in [0.15, 0.2) is 0 Å². The van der Waals surface area contributed by atoms with Crippen LogP contribution >= 0.6 is 11.6 Å². The van der Waals surface area contributed by atoms with Crippen molar-refractivity contribution in [2.75, 3.05) is 5.32 Å². The highest BCUT2D eigenvalue weighted by Gasteiger charge is 2.45. The highest BCUT2D eigenvalue weighted by atomic mass is 35.5. The number of hydrogen-bond donors (Lipinski definition) is 2. The molecule has 0 radical (unpaired) electrons. The van der Waals surface area contributed by atoms with E-state index in [9.17, 15) is 4.79 Å². The van der Waals surface area contributed by atoms with Gasteiger partial charge in [-0.25, -0.2) is 4.98 Å². The number of nitrogens with one attached hydrogen (secondary N) is 1. The van der Waals surface area contributed by atoms with E-state index in [1.165, 1.54) is 0 Å². The Hall–Kier alpha value is -1.13. The van der Waals surface area contributed by atoms with Crippen LogP contribution in [-0.2, 0) is 4.79 Å². The topological polar surface area (TPSA) is 68.0 Å². The van der Waals surface area contributed by atoms with Crippen LogP contribution in [0.1, 0.15) is 39.3 Å². The fourth-order valence-corrected chi connectivity index (χ4v) is 3.39. The quantitative estimate of drug-likeness (QED) is 0.823. The zero-order chi connectivity index (χ0) is 15.8. The van der Waals surface area contributed by atoms with Gasteiger partial charge in [0.2, 0.25) is 5.91 Å². The Balaban J connectivity index is 2.16. The van der Waals surface area contributed by atoms with Crippen molar-refractivity contribution in [3.63, 3.8) is 0 Å². The average Bonchev–Trinajstić information content (AvgIpc) is 2.39. The number of hydrogen-bond acceptors (Lipinski definition) is 3. The Kier molecular flexibility index (Phi) is 4.59. The smallest absolute Gasteiger partial charge is 0.228 e. The Morgan fingerprint density at radius 2 is 2.10 bits per heavy atom. The maximum absolute atomic E-state index is 12.7. The summed E-state index contributed by atoms with van der Waals surface area (Å²) in [5, 5.41) is 3.43. The normalized spacial score (nSPS) is 28.2. The molecular weight excluding hydrogens is 286 g/mol. The van der Waals surface area contributed by atoms with Crippen LogP contribution in [0.3, 0.4) is 0 Å². The minimum atomic E-state index is -0.116. The molecule has 0 bridgehead atoms. The number of pyridine rings is 1. The minimum Gasteiger partial charge on any atom is -0.327 e. The van der Waals surface area contributed by atoms with Crippen LogP contribution in [0.5, 0.6) is 0 Å². The van der Waals surface area contributed by atoms with E-state index < -0.39 is 0 Å². The highest BCUT2D eigenvalue weighted by Crippen LogP contribution is 2.44. The summed E-state index contributed by atoms with van der Waals surface area (Å²) in [6, 6.07) is 3.66. The fourth-order valence-electron chi connectivity index (χ4n) is 3.20. The first kappa shape index (κ1) is 16.2. The molecule has 1 heterocycles. The lowest BCUT2D eigenvalue weighted by molar-refractivity contribution is -0.127. The number of anilines is 1. The molecule has 0 aromatic carbocycles. The SMILES string of the molecule is Cc1nc(Cl)ccc1NC(=O)C1CCC(N)C(C)C1(C)C. The molecule has 0 aliphatic heterocycles. The van der Waals surface area contributed by atoms with Gasteiger partial charge in [0.1, 0.15) is 5.15 Å². The van der Waals surface area contributed by atoms with Gasteiger partial charge in [-0.2, -0.15) is 0 Å². The van der Waals surface area contributed by atoms with Gasteiger partial charge in [0.25, 0.3) is 0 Å². The molecule has 1 saturated carbocycles. The summed E-state index contributed by atoms with van der Waals surface area (Å²) in [5.74, 6) is 0.319. The summed E-state index contributed by atoms with van der Waals surface area (Å²) in [6.07, 6.45) is 1.71. The molecule has 1 aromatic rings. The molecule has 1 amide bonds. The van der Waals surface area contributed by atoms with Crippen LogP contribution in [0, 0.1) is 24.2 Å². The largest absolute Gasteiger partial charge is 0.327 e. The summed E-state index contributed by atoms with van der Waals surface area (Å²) in [6.45, 7) is 8.24. The first-order valence-electron chi connectivity index (χ1n) is 7.43. The van der Waals surface area contributed by atoms with Crippen LogP contribution in [0.15, 0.2) is 12.1 Å². The molecule has 5 heteroatoms. The van der Waals surface area contributed by atoms with Gasteiger partial charge in [-0.15, -0.1) is 0 Å². The number of nitrogens with zero attached hydrogens (tertiary/aromatic N) is 1. The third-order valence-corrected chi connectivity index (χ3v) is 5.34. The van der Waals surface area contributed by atoms with Crippen LogP contribution in [0.4, 0.5) is 5.69 Å². The average molecular weight is 310 g/mol. The molecule has 21 heavy (non-hydrogen) atoms. The molecular formula is C16H24ClN3O. The van der Waals surface area contributed by atoms with Gasteiger partial charge < -0.3 is 11.1 Å². The van der Waals surface area contributed by atoms with E-state index in [1.54, 1.807) is 12.1 Å². The molecule has 3 atom stereocenters. The molecule has 4 nitrogen and oxygen atoms in total. The molecule has 1 aromatic heterocycles. The summed E-state index contributed by atoms with van der Waals surface area (Å²) < 4.78 is 0. The number of nitrogens with two attached hydrogens (primary N) is 1. The van der Waals surface area contributed by atoms with Crippen molar-refractivity contribution in [3.05, 3.63) is 23.0 Å². The lowest BCUT2D eigenvalue weighted by atomic mass is 9.61. The van der Waals surface area contributed by atoms with Crippen molar-refractivity contribution >= 4 is 23.2 Å². The van der Waals surface area contributed by atoms with Gasteiger partial charge in [0.05, 0.1) is 11.4 Å². The predicted molar refractivity (Wildman–Crippen MR) is 86.3 cm³/mol. The number of aromatic nitrogens is 1. The van der Waals surface area contributed by atoms with Crippen molar-refractivity contribution in [1.29, 1.82) is 0 Å². The number of carbonyl (C=O) groups is 1. The van der Waals surface area contributed by atoms with E-state index in [0.29, 0.717) is 11.1 Å². The summed E-state index contributed by atoms with van der Waals surface area (Å²) >= 11 is 5.84. The zero-order valence-electron chi connectivity index (χ0n) is 13.1. The second-order valence-corrected chi connectivity index (χ2v) is 7.05. The summed E-state index contributed by atoms with van der Waals surface area (Å²) in [7, 11) is 0. The molecule has 1 aliphatic carbocycles. The second kappa shape index (κ2) is 5.93. The molecule has 116 valence electrons. The Labute approximate surface area is 131 Å². The van der Waals surface area contributed by atoms with Gasteiger partial charge >= 0.3 is 0 Å².